The third-order valence-corrected chi connectivity index (χ3v) is 3.01. The first kappa shape index (κ1) is 10.6. The normalized spacial score (nSPS) is 17.7. The zero-order chi connectivity index (χ0) is 10.7. The van der Waals surface area contributed by atoms with E-state index >= 15 is 0 Å². The van der Waals surface area contributed by atoms with E-state index in [1.807, 2.05) is 18.2 Å². The smallest absolute Gasteiger partial charge is 0.0587 e. The molecule has 0 bridgehead atoms. The van der Waals surface area contributed by atoms with Gasteiger partial charge in [-0.05, 0) is 44.1 Å². The summed E-state index contributed by atoms with van der Waals surface area (Å²) in [5, 5.41) is 6.82. The van der Waals surface area contributed by atoms with E-state index < -0.39 is 0 Å². The lowest BCUT2D eigenvalue weighted by Crippen LogP contribution is -2.35. The van der Waals surface area contributed by atoms with Crippen LogP contribution in [0.3, 0.4) is 0 Å². The average molecular weight is 223 g/mol. The number of piperidine rings is 1. The molecule has 1 aromatic rings. The van der Waals surface area contributed by atoms with Crippen LogP contribution in [0.1, 0.15) is 12.8 Å². The molecule has 0 aromatic heterocycles. The molecule has 0 unspecified atom stereocenters. The molecule has 15 heavy (non-hydrogen) atoms. The van der Waals surface area contributed by atoms with Gasteiger partial charge in [-0.3, -0.25) is 0 Å². The first-order chi connectivity index (χ1) is 7.25. The van der Waals surface area contributed by atoms with Gasteiger partial charge in [0.1, 0.15) is 0 Å². The minimum Gasteiger partial charge on any atom is -0.397 e. The Morgan fingerprint density at radius 1 is 1.33 bits per heavy atom. The Labute approximate surface area is 95.8 Å². The lowest BCUT2D eigenvalue weighted by atomic mass is 10.1. The van der Waals surface area contributed by atoms with E-state index in [-0.39, 0.29) is 0 Å². The maximum Gasteiger partial charge on any atom is 0.0587 e. The second-order valence-electron chi connectivity index (χ2n) is 3.94. The molecule has 1 heterocycles. The van der Waals surface area contributed by atoms with Crippen molar-refractivity contribution in [2.45, 2.75) is 23.8 Å². The van der Waals surface area contributed by atoms with Crippen LogP contribution in [0.15, 0.2) is 23.1 Å². The van der Waals surface area contributed by atoms with E-state index in [1.165, 1.54) is 0 Å². The maximum atomic E-state index is 5.89. The van der Waals surface area contributed by atoms with Gasteiger partial charge in [0.15, 0.2) is 0 Å². The Kier molecular flexibility index (Phi) is 3.38. The largest absolute Gasteiger partial charge is 0.397 e. The van der Waals surface area contributed by atoms with Gasteiger partial charge < -0.3 is 16.4 Å². The fraction of sp³-hybridized carbons (Fsp3) is 0.455. The second kappa shape index (κ2) is 4.77. The first-order valence-corrected chi connectivity index (χ1v) is 5.76. The number of nitrogen functional groups attached to an aromatic ring is 1. The van der Waals surface area contributed by atoms with Crippen molar-refractivity contribution in [2.75, 3.05) is 24.1 Å². The molecule has 82 valence electrons. The molecule has 0 amide bonds. The van der Waals surface area contributed by atoms with Gasteiger partial charge in [0, 0.05) is 10.9 Å². The van der Waals surface area contributed by atoms with Crippen LogP contribution in [-0.2, 0) is 0 Å². The number of hydrogen-bond acceptors (Lipinski definition) is 4. The summed E-state index contributed by atoms with van der Waals surface area (Å²) < 4.78 is 0. The Balaban J connectivity index is 2.05. The molecule has 0 saturated carbocycles. The standard InChI is InChI=1S/C11H17N3S/c12-10-2-1-9(15)7-11(10)14-8-3-5-13-6-4-8/h1-2,7-8,13-15H,3-6,12H2. The summed E-state index contributed by atoms with van der Waals surface area (Å²) in [6, 6.07) is 6.32. The summed E-state index contributed by atoms with van der Waals surface area (Å²) in [5.74, 6) is 0. The van der Waals surface area contributed by atoms with E-state index in [1.54, 1.807) is 0 Å². The summed E-state index contributed by atoms with van der Waals surface area (Å²) >= 11 is 4.31. The second-order valence-corrected chi connectivity index (χ2v) is 4.46. The number of nitrogens with one attached hydrogen (secondary N) is 2. The number of hydrogen-bond donors (Lipinski definition) is 4. The van der Waals surface area contributed by atoms with Crippen molar-refractivity contribution in [1.82, 2.24) is 5.32 Å². The number of rotatable bonds is 2. The highest BCUT2D eigenvalue weighted by Crippen LogP contribution is 2.24. The quantitative estimate of drug-likeness (QED) is 0.456. The summed E-state index contributed by atoms with van der Waals surface area (Å²) in [4.78, 5) is 0.945. The summed E-state index contributed by atoms with van der Waals surface area (Å²) in [5.41, 5.74) is 7.70. The summed E-state index contributed by atoms with van der Waals surface area (Å²) in [6.07, 6.45) is 2.30. The predicted molar refractivity (Wildman–Crippen MR) is 67.6 cm³/mol. The van der Waals surface area contributed by atoms with Crippen LogP contribution in [0.2, 0.25) is 0 Å². The highest BCUT2D eigenvalue weighted by molar-refractivity contribution is 7.80. The fourth-order valence-electron chi connectivity index (χ4n) is 1.86. The number of anilines is 2. The monoisotopic (exact) mass is 223 g/mol. The number of thiol groups is 1. The third kappa shape index (κ3) is 2.79. The summed E-state index contributed by atoms with van der Waals surface area (Å²) in [6.45, 7) is 2.16. The van der Waals surface area contributed by atoms with Crippen LogP contribution in [0.5, 0.6) is 0 Å². The molecule has 0 radical (unpaired) electrons. The topological polar surface area (TPSA) is 50.1 Å². The van der Waals surface area contributed by atoms with Gasteiger partial charge in [-0.15, -0.1) is 12.6 Å². The SMILES string of the molecule is Nc1ccc(S)cc1NC1CCNCC1. The number of nitrogens with two attached hydrogens (primary N) is 1. The molecule has 3 nitrogen and oxygen atoms in total. The Hall–Kier alpha value is -0.870. The van der Waals surface area contributed by atoms with E-state index in [4.69, 9.17) is 5.73 Å². The van der Waals surface area contributed by atoms with Crippen molar-refractivity contribution in [3.8, 4) is 0 Å². The van der Waals surface area contributed by atoms with Crippen molar-refractivity contribution < 1.29 is 0 Å². The number of benzene rings is 1. The molecule has 4 heteroatoms. The molecule has 1 fully saturated rings. The molecule has 1 aliphatic rings. The van der Waals surface area contributed by atoms with Crippen molar-refractivity contribution in [3.05, 3.63) is 18.2 Å². The van der Waals surface area contributed by atoms with E-state index in [9.17, 15) is 0 Å². The molecular formula is C11H17N3S. The minimum absolute atomic E-state index is 0.531. The van der Waals surface area contributed by atoms with Crippen LogP contribution in [0.25, 0.3) is 0 Å². The van der Waals surface area contributed by atoms with Gasteiger partial charge in [-0.25, -0.2) is 0 Å². The van der Waals surface area contributed by atoms with E-state index in [0.29, 0.717) is 6.04 Å². The Morgan fingerprint density at radius 3 is 2.80 bits per heavy atom. The third-order valence-electron chi connectivity index (χ3n) is 2.74. The molecule has 4 N–H and O–H groups in total. The lowest BCUT2D eigenvalue weighted by Gasteiger charge is -2.25. The van der Waals surface area contributed by atoms with Crippen LogP contribution in [0.4, 0.5) is 11.4 Å². The zero-order valence-corrected chi connectivity index (χ0v) is 9.56. The van der Waals surface area contributed by atoms with Crippen LogP contribution >= 0.6 is 12.6 Å². The summed E-state index contributed by atoms with van der Waals surface area (Å²) in [7, 11) is 0. The highest BCUT2D eigenvalue weighted by Gasteiger charge is 2.13. The molecule has 0 atom stereocenters. The predicted octanol–water partition coefficient (Wildman–Crippen LogP) is 1.72. The van der Waals surface area contributed by atoms with Gasteiger partial charge in [-0.2, -0.15) is 0 Å². The van der Waals surface area contributed by atoms with E-state index in [0.717, 1.165) is 42.2 Å². The zero-order valence-electron chi connectivity index (χ0n) is 8.66. The van der Waals surface area contributed by atoms with Gasteiger partial charge in [0.25, 0.3) is 0 Å². The van der Waals surface area contributed by atoms with Crippen molar-refractivity contribution in [3.63, 3.8) is 0 Å². The van der Waals surface area contributed by atoms with Gasteiger partial charge in [-0.1, -0.05) is 0 Å². The fourth-order valence-corrected chi connectivity index (χ4v) is 2.06. The Bertz CT molecular complexity index is 335. The van der Waals surface area contributed by atoms with Crippen LogP contribution < -0.4 is 16.4 Å². The first-order valence-electron chi connectivity index (χ1n) is 5.31. The minimum atomic E-state index is 0.531. The van der Waals surface area contributed by atoms with Crippen LogP contribution in [-0.4, -0.2) is 19.1 Å². The molecule has 2 rings (SSSR count). The lowest BCUT2D eigenvalue weighted by molar-refractivity contribution is 0.479. The van der Waals surface area contributed by atoms with Crippen LogP contribution in [0, 0.1) is 0 Å². The molecule has 1 aliphatic heterocycles. The maximum absolute atomic E-state index is 5.89. The molecule has 1 saturated heterocycles. The van der Waals surface area contributed by atoms with Gasteiger partial charge in [0.05, 0.1) is 11.4 Å². The molecule has 0 spiro atoms. The van der Waals surface area contributed by atoms with Crippen molar-refractivity contribution in [1.29, 1.82) is 0 Å². The van der Waals surface area contributed by atoms with Crippen molar-refractivity contribution >= 4 is 24.0 Å². The highest BCUT2D eigenvalue weighted by atomic mass is 32.1. The van der Waals surface area contributed by atoms with E-state index in [2.05, 4.69) is 23.3 Å². The van der Waals surface area contributed by atoms with Gasteiger partial charge >= 0.3 is 0 Å². The van der Waals surface area contributed by atoms with Crippen molar-refractivity contribution in [2.24, 2.45) is 0 Å². The molecule has 1 aromatic carbocycles. The molecular weight excluding hydrogens is 206 g/mol. The molecule has 0 aliphatic carbocycles. The van der Waals surface area contributed by atoms with Gasteiger partial charge in [0.2, 0.25) is 0 Å². The average Bonchev–Trinajstić information content (AvgIpc) is 2.25. The Morgan fingerprint density at radius 2 is 2.07 bits per heavy atom.